The molecular formula is C30H33N3O4S. The molecule has 1 aromatic heterocycles. The number of rotatable bonds is 7. The third-order valence-corrected chi connectivity index (χ3v) is 8.28. The van der Waals surface area contributed by atoms with Crippen LogP contribution in [0.5, 0.6) is 0 Å². The molecule has 0 fully saturated rings. The van der Waals surface area contributed by atoms with E-state index in [0.29, 0.717) is 4.31 Å². The van der Waals surface area contributed by atoms with Gasteiger partial charge in [0.05, 0.1) is 16.3 Å². The van der Waals surface area contributed by atoms with Gasteiger partial charge in [0.25, 0.3) is 10.0 Å². The lowest BCUT2D eigenvalue weighted by atomic mass is 9.86. The van der Waals surface area contributed by atoms with Crippen LogP contribution in [0.25, 0.3) is 16.8 Å². The number of carboxylic acid groups (broad SMARTS) is 1. The smallest absolute Gasteiger partial charge is 0.421 e. The van der Waals surface area contributed by atoms with E-state index in [1.54, 1.807) is 12.1 Å². The van der Waals surface area contributed by atoms with E-state index < -0.39 is 16.1 Å². The normalized spacial score (nSPS) is 11.9. The second-order valence-corrected chi connectivity index (χ2v) is 12.3. The van der Waals surface area contributed by atoms with E-state index in [1.807, 2.05) is 54.1 Å². The second kappa shape index (κ2) is 10.5. The Morgan fingerprint density at radius 3 is 2.08 bits per heavy atom. The lowest BCUT2D eigenvalue weighted by molar-refractivity contribution is 0.172. The van der Waals surface area contributed by atoms with E-state index in [2.05, 4.69) is 39.8 Å². The molecule has 0 saturated heterocycles. The Morgan fingerprint density at radius 1 is 0.921 bits per heavy atom. The van der Waals surface area contributed by atoms with Crippen LogP contribution in [-0.2, 0) is 21.9 Å². The van der Waals surface area contributed by atoms with Gasteiger partial charge in [0, 0.05) is 23.2 Å². The lowest BCUT2D eigenvalue weighted by Gasteiger charge is -2.19. The SMILES string of the molecule is Cc1ccc(S(=O)(=O)N(CCc2ccc(-n3nc(C(C)(C)C)c(-c4ccccc4)c3C)cc2)C(=O)O)cc1. The van der Waals surface area contributed by atoms with E-state index in [9.17, 15) is 18.3 Å². The average molecular weight is 532 g/mol. The zero-order valence-electron chi connectivity index (χ0n) is 22.3. The van der Waals surface area contributed by atoms with E-state index >= 15 is 0 Å². The molecule has 4 rings (SSSR count). The first-order valence-corrected chi connectivity index (χ1v) is 13.9. The number of hydrogen-bond acceptors (Lipinski definition) is 4. The van der Waals surface area contributed by atoms with Gasteiger partial charge in [-0.05, 0) is 55.7 Å². The molecule has 0 saturated carbocycles. The molecule has 0 aliphatic carbocycles. The highest BCUT2D eigenvalue weighted by Crippen LogP contribution is 2.36. The molecule has 38 heavy (non-hydrogen) atoms. The summed E-state index contributed by atoms with van der Waals surface area (Å²) in [6, 6.07) is 24.0. The van der Waals surface area contributed by atoms with Crippen molar-refractivity contribution < 1.29 is 18.3 Å². The first-order chi connectivity index (χ1) is 17.9. The number of amides is 1. The van der Waals surface area contributed by atoms with Crippen LogP contribution in [0.2, 0.25) is 0 Å². The van der Waals surface area contributed by atoms with Crippen molar-refractivity contribution >= 4 is 16.1 Å². The molecule has 0 spiro atoms. The van der Waals surface area contributed by atoms with Gasteiger partial charge >= 0.3 is 6.09 Å². The number of benzene rings is 3. The Labute approximate surface area is 224 Å². The summed E-state index contributed by atoms with van der Waals surface area (Å²) in [5.41, 5.74) is 6.68. The van der Waals surface area contributed by atoms with Crippen molar-refractivity contribution in [3.05, 3.63) is 101 Å². The molecule has 0 aliphatic heterocycles. The number of nitrogens with zero attached hydrogens (tertiary/aromatic N) is 3. The molecule has 0 unspecified atom stereocenters. The molecule has 0 bridgehead atoms. The Bertz CT molecular complexity index is 1530. The quantitative estimate of drug-likeness (QED) is 0.299. The van der Waals surface area contributed by atoms with Crippen LogP contribution in [0.15, 0.2) is 83.8 Å². The highest BCUT2D eigenvalue weighted by Gasteiger charge is 2.29. The van der Waals surface area contributed by atoms with Crippen molar-refractivity contribution in [3.63, 3.8) is 0 Å². The van der Waals surface area contributed by atoms with Crippen molar-refractivity contribution in [3.8, 4) is 16.8 Å². The van der Waals surface area contributed by atoms with Crippen molar-refractivity contribution in [2.45, 2.75) is 51.3 Å². The van der Waals surface area contributed by atoms with Crippen LogP contribution in [0.4, 0.5) is 4.79 Å². The molecule has 7 nitrogen and oxygen atoms in total. The lowest BCUT2D eigenvalue weighted by Crippen LogP contribution is -2.37. The zero-order valence-corrected chi connectivity index (χ0v) is 23.2. The van der Waals surface area contributed by atoms with E-state index in [0.717, 1.165) is 39.3 Å². The van der Waals surface area contributed by atoms with Crippen LogP contribution < -0.4 is 0 Å². The van der Waals surface area contributed by atoms with Gasteiger partial charge in [-0.1, -0.05) is 80.9 Å². The van der Waals surface area contributed by atoms with Gasteiger partial charge < -0.3 is 5.11 Å². The standard InChI is InChI=1S/C30H33N3O4S/c1-21-11-17-26(18-12-21)38(36,37)32(29(34)35)20-19-23-13-15-25(16-14-23)33-22(2)27(24-9-7-6-8-10-24)28(31-33)30(3,4)5/h6-18H,19-20H2,1-5H3,(H,34,35). The van der Waals surface area contributed by atoms with Crippen molar-refractivity contribution in [2.75, 3.05) is 6.54 Å². The van der Waals surface area contributed by atoms with Gasteiger partial charge in [-0.15, -0.1) is 0 Å². The molecule has 3 aromatic carbocycles. The van der Waals surface area contributed by atoms with Crippen LogP contribution >= 0.6 is 0 Å². The minimum absolute atomic E-state index is 0.0427. The summed E-state index contributed by atoms with van der Waals surface area (Å²) in [6.07, 6.45) is -1.25. The molecule has 4 aromatic rings. The Morgan fingerprint density at radius 2 is 1.53 bits per heavy atom. The summed E-state index contributed by atoms with van der Waals surface area (Å²) in [5, 5.41) is 14.6. The largest absolute Gasteiger partial charge is 0.464 e. The maximum Gasteiger partial charge on any atom is 0.421 e. The molecule has 1 N–H and O–H groups in total. The van der Waals surface area contributed by atoms with E-state index in [4.69, 9.17) is 5.10 Å². The summed E-state index contributed by atoms with van der Waals surface area (Å²) in [4.78, 5) is 11.8. The van der Waals surface area contributed by atoms with Crippen LogP contribution in [0.1, 0.15) is 43.3 Å². The monoisotopic (exact) mass is 531 g/mol. The number of aryl methyl sites for hydroxylation is 1. The summed E-state index contributed by atoms with van der Waals surface area (Å²) in [5.74, 6) is 0. The Balaban J connectivity index is 1.59. The maximum absolute atomic E-state index is 12.9. The predicted molar refractivity (Wildman–Crippen MR) is 149 cm³/mol. The van der Waals surface area contributed by atoms with Gasteiger partial charge in [-0.3, -0.25) is 0 Å². The summed E-state index contributed by atoms with van der Waals surface area (Å²) in [7, 11) is -4.17. The van der Waals surface area contributed by atoms with Crippen LogP contribution in [-0.4, -0.2) is 40.2 Å². The second-order valence-electron chi connectivity index (χ2n) is 10.4. The summed E-state index contributed by atoms with van der Waals surface area (Å²) < 4.78 is 28.3. The van der Waals surface area contributed by atoms with Gasteiger partial charge in [0.2, 0.25) is 0 Å². The fourth-order valence-corrected chi connectivity index (χ4v) is 5.69. The number of hydrogen-bond donors (Lipinski definition) is 1. The molecule has 198 valence electrons. The molecule has 8 heteroatoms. The van der Waals surface area contributed by atoms with Crippen molar-refractivity contribution in [1.29, 1.82) is 0 Å². The predicted octanol–water partition coefficient (Wildman–Crippen LogP) is 6.37. The average Bonchev–Trinajstić information content (AvgIpc) is 3.22. The number of carbonyl (C=O) groups is 1. The minimum atomic E-state index is -4.17. The molecule has 1 heterocycles. The third-order valence-electron chi connectivity index (χ3n) is 6.50. The van der Waals surface area contributed by atoms with Gasteiger partial charge in [-0.25, -0.2) is 22.2 Å². The molecule has 0 radical (unpaired) electrons. The van der Waals surface area contributed by atoms with Gasteiger partial charge in [-0.2, -0.15) is 5.10 Å². The summed E-state index contributed by atoms with van der Waals surface area (Å²) >= 11 is 0. The topological polar surface area (TPSA) is 92.5 Å². The molecule has 0 aliphatic rings. The Hall–Kier alpha value is -3.91. The van der Waals surface area contributed by atoms with Gasteiger partial charge in [0.15, 0.2) is 0 Å². The fraction of sp³-hybridized carbons (Fsp3) is 0.267. The number of sulfonamides is 1. The van der Waals surface area contributed by atoms with Gasteiger partial charge in [0.1, 0.15) is 0 Å². The van der Waals surface area contributed by atoms with Crippen LogP contribution in [0, 0.1) is 13.8 Å². The third kappa shape index (κ3) is 5.50. The maximum atomic E-state index is 12.9. The minimum Gasteiger partial charge on any atom is -0.464 e. The zero-order chi connectivity index (χ0) is 27.7. The van der Waals surface area contributed by atoms with Crippen molar-refractivity contribution in [1.82, 2.24) is 14.1 Å². The molecule has 1 amide bonds. The fourth-order valence-electron chi connectivity index (χ4n) is 4.42. The first-order valence-electron chi connectivity index (χ1n) is 12.5. The summed E-state index contributed by atoms with van der Waals surface area (Å²) in [6.45, 7) is 10.2. The number of aromatic nitrogens is 2. The van der Waals surface area contributed by atoms with Crippen LogP contribution in [0.3, 0.4) is 0 Å². The Kier molecular flexibility index (Phi) is 7.47. The highest BCUT2D eigenvalue weighted by atomic mass is 32.2. The molecule has 0 atom stereocenters. The highest BCUT2D eigenvalue weighted by molar-refractivity contribution is 7.89. The van der Waals surface area contributed by atoms with Crippen molar-refractivity contribution in [2.24, 2.45) is 0 Å². The first kappa shape index (κ1) is 27.1. The molecular weight excluding hydrogens is 498 g/mol. The van der Waals surface area contributed by atoms with E-state index in [1.165, 1.54) is 12.1 Å². The van der Waals surface area contributed by atoms with E-state index in [-0.39, 0.29) is 23.3 Å².